The Kier molecular flexibility index (Phi) is 4.83. The second kappa shape index (κ2) is 7.61. The molecule has 0 spiro atoms. The number of hydrogen-bond acceptors (Lipinski definition) is 5. The molecule has 0 aliphatic heterocycles. The molecule has 0 unspecified atom stereocenters. The number of halogens is 2. The molecule has 1 aliphatic carbocycles. The maximum Gasteiger partial charge on any atom is 0.288 e. The Morgan fingerprint density at radius 3 is 2.70 bits per heavy atom. The van der Waals surface area contributed by atoms with Crippen LogP contribution in [0.2, 0.25) is 0 Å². The maximum absolute atomic E-state index is 14.9. The molecule has 1 N–H and O–H groups in total. The third-order valence-electron chi connectivity index (χ3n) is 4.55. The molecule has 146 valence electrons. The molecule has 0 amide bonds. The van der Waals surface area contributed by atoms with E-state index in [1.807, 2.05) is 6.07 Å². The van der Waals surface area contributed by atoms with Gasteiger partial charge in [-0.3, -0.25) is 0 Å². The molecule has 0 saturated carbocycles. The minimum Gasteiger partial charge on any atom is -0.446 e. The average molecular weight is 401 g/mol. The van der Waals surface area contributed by atoms with Gasteiger partial charge in [0.1, 0.15) is 18.0 Å². The summed E-state index contributed by atoms with van der Waals surface area (Å²) >= 11 is 0. The quantitative estimate of drug-likeness (QED) is 0.570. The lowest BCUT2D eigenvalue weighted by Gasteiger charge is -2.13. The fourth-order valence-electron chi connectivity index (χ4n) is 3.14. The minimum absolute atomic E-state index is 0.0890. The van der Waals surface area contributed by atoms with Crippen molar-refractivity contribution in [3.63, 3.8) is 0 Å². The molecule has 1 aliphatic rings. The van der Waals surface area contributed by atoms with E-state index in [9.17, 15) is 8.78 Å². The Morgan fingerprint density at radius 2 is 2.00 bits per heavy atom. The second-order valence-corrected chi connectivity index (χ2v) is 6.63. The summed E-state index contributed by atoms with van der Waals surface area (Å²) in [6.07, 6.45) is 3.08. The van der Waals surface area contributed by atoms with Gasteiger partial charge >= 0.3 is 0 Å². The lowest BCUT2D eigenvalue weighted by atomic mass is 10.1. The molecule has 8 heteroatoms. The van der Waals surface area contributed by atoms with Crippen molar-refractivity contribution in [3.05, 3.63) is 82.0 Å². The van der Waals surface area contributed by atoms with Gasteiger partial charge in [0.15, 0.2) is 11.6 Å². The normalized spacial score (nSPS) is 11.8. The summed E-state index contributed by atoms with van der Waals surface area (Å²) in [5.74, 6) is -1.71. The van der Waals surface area contributed by atoms with Crippen molar-refractivity contribution in [2.24, 2.45) is 0 Å². The summed E-state index contributed by atoms with van der Waals surface area (Å²) in [5, 5.41) is 11.8. The van der Waals surface area contributed by atoms with Gasteiger partial charge in [-0.2, -0.15) is 5.26 Å². The molecule has 0 bridgehead atoms. The van der Waals surface area contributed by atoms with Gasteiger partial charge in [-0.1, -0.05) is 11.6 Å². The summed E-state index contributed by atoms with van der Waals surface area (Å²) in [6, 6.07) is 9.50. The van der Waals surface area contributed by atoms with Crippen molar-refractivity contribution in [2.45, 2.75) is 13.3 Å². The van der Waals surface area contributed by atoms with Gasteiger partial charge in [0, 0.05) is 22.9 Å². The molecule has 4 rings (SSSR count). The van der Waals surface area contributed by atoms with Crippen molar-refractivity contribution in [2.75, 3.05) is 5.32 Å². The Labute approximate surface area is 170 Å². The van der Waals surface area contributed by atoms with Crippen LogP contribution in [0.4, 0.5) is 26.0 Å². The zero-order chi connectivity index (χ0) is 21.3. The van der Waals surface area contributed by atoms with Crippen LogP contribution >= 0.6 is 0 Å². The van der Waals surface area contributed by atoms with E-state index in [4.69, 9.17) is 16.6 Å². The molecular formula is C22H13F2N5O. The van der Waals surface area contributed by atoms with E-state index in [1.54, 1.807) is 37.3 Å². The topological polar surface area (TPSA) is 75.2 Å². The summed E-state index contributed by atoms with van der Waals surface area (Å²) in [7, 11) is 0. The van der Waals surface area contributed by atoms with Crippen LogP contribution in [0.15, 0.2) is 42.2 Å². The SMILES string of the molecule is [C-]#[N+]c1c(Nc2ccc(C#N)cc2)ncnc1Oc1cc(F)c2c(c1F)C=C(C)C2. The number of nitriles is 1. The molecule has 0 atom stereocenters. The van der Waals surface area contributed by atoms with E-state index >= 15 is 0 Å². The van der Waals surface area contributed by atoms with Crippen LogP contribution in [0, 0.1) is 29.5 Å². The molecule has 0 fully saturated rings. The van der Waals surface area contributed by atoms with Crippen molar-refractivity contribution < 1.29 is 13.5 Å². The van der Waals surface area contributed by atoms with E-state index in [0.29, 0.717) is 17.7 Å². The smallest absolute Gasteiger partial charge is 0.288 e. The minimum atomic E-state index is -0.709. The predicted molar refractivity (Wildman–Crippen MR) is 107 cm³/mol. The number of benzene rings is 2. The predicted octanol–water partition coefficient (Wildman–Crippen LogP) is 5.67. The number of fused-ring (bicyclic) bond motifs is 1. The number of aromatic nitrogens is 2. The van der Waals surface area contributed by atoms with E-state index in [1.165, 1.54) is 0 Å². The zero-order valence-corrected chi connectivity index (χ0v) is 15.7. The molecule has 3 aromatic rings. The number of hydrogen-bond donors (Lipinski definition) is 1. The lowest BCUT2D eigenvalue weighted by Crippen LogP contribution is -2.00. The van der Waals surface area contributed by atoms with E-state index in [-0.39, 0.29) is 34.3 Å². The Hall–Kier alpha value is -4.30. The Balaban J connectivity index is 1.69. The molecule has 1 aromatic heterocycles. The third kappa shape index (κ3) is 3.43. The van der Waals surface area contributed by atoms with E-state index < -0.39 is 11.6 Å². The number of ether oxygens (including phenoxy) is 1. The van der Waals surface area contributed by atoms with Crippen LogP contribution in [0.3, 0.4) is 0 Å². The first-order chi connectivity index (χ1) is 14.5. The Morgan fingerprint density at radius 1 is 1.23 bits per heavy atom. The number of anilines is 2. The standard InChI is InChI=1S/C22H13F2N5O/c1-12-7-15-16(8-12)19(24)18(9-17(15)23)30-22-20(26-2)21(27-11-28-22)29-14-5-3-13(10-25)4-6-14/h3-6,8-9,11H,7H2,1H3,(H,27,28,29). The number of nitrogens with one attached hydrogen (secondary N) is 1. The van der Waals surface area contributed by atoms with E-state index in [0.717, 1.165) is 18.0 Å². The second-order valence-electron chi connectivity index (χ2n) is 6.63. The maximum atomic E-state index is 14.9. The molecule has 30 heavy (non-hydrogen) atoms. The summed E-state index contributed by atoms with van der Waals surface area (Å²) in [6.45, 7) is 9.26. The van der Waals surface area contributed by atoms with Crippen LogP contribution in [0.1, 0.15) is 23.6 Å². The fraction of sp³-hybridized carbons (Fsp3) is 0.0909. The molecule has 0 saturated heterocycles. The number of nitrogens with zero attached hydrogens (tertiary/aromatic N) is 4. The molecule has 0 radical (unpaired) electrons. The lowest BCUT2D eigenvalue weighted by molar-refractivity contribution is 0.422. The highest BCUT2D eigenvalue weighted by Crippen LogP contribution is 2.40. The first kappa shape index (κ1) is 19.0. The van der Waals surface area contributed by atoms with Crippen LogP contribution in [-0.2, 0) is 6.42 Å². The highest BCUT2D eigenvalue weighted by Gasteiger charge is 2.24. The largest absolute Gasteiger partial charge is 0.446 e. The summed E-state index contributed by atoms with van der Waals surface area (Å²) < 4.78 is 34.8. The van der Waals surface area contributed by atoms with Gasteiger partial charge in [-0.25, -0.2) is 23.6 Å². The summed E-state index contributed by atoms with van der Waals surface area (Å²) in [5.41, 5.74) is 2.26. The average Bonchev–Trinajstić information content (AvgIpc) is 3.15. The van der Waals surface area contributed by atoms with Crippen LogP contribution < -0.4 is 10.1 Å². The molecule has 6 nitrogen and oxygen atoms in total. The van der Waals surface area contributed by atoms with Gasteiger partial charge < -0.3 is 10.1 Å². The molecule has 1 heterocycles. The van der Waals surface area contributed by atoms with Crippen molar-refractivity contribution in [1.82, 2.24) is 9.97 Å². The zero-order valence-electron chi connectivity index (χ0n) is 15.7. The van der Waals surface area contributed by atoms with Crippen LogP contribution in [0.25, 0.3) is 10.9 Å². The highest BCUT2D eigenvalue weighted by molar-refractivity contribution is 5.76. The number of rotatable bonds is 4. The molecule has 2 aromatic carbocycles. The highest BCUT2D eigenvalue weighted by atomic mass is 19.1. The summed E-state index contributed by atoms with van der Waals surface area (Å²) in [4.78, 5) is 11.3. The van der Waals surface area contributed by atoms with Gasteiger partial charge in [0.05, 0.1) is 18.2 Å². The fourth-order valence-corrected chi connectivity index (χ4v) is 3.14. The van der Waals surface area contributed by atoms with Crippen LogP contribution in [0.5, 0.6) is 11.6 Å². The Bertz CT molecular complexity index is 1270. The van der Waals surface area contributed by atoms with Crippen LogP contribution in [-0.4, -0.2) is 9.97 Å². The van der Waals surface area contributed by atoms with E-state index in [2.05, 4.69) is 20.1 Å². The third-order valence-corrected chi connectivity index (χ3v) is 4.55. The van der Waals surface area contributed by atoms with Crippen molar-refractivity contribution in [1.29, 1.82) is 5.26 Å². The number of allylic oxidation sites excluding steroid dienone is 1. The monoisotopic (exact) mass is 401 g/mol. The van der Waals surface area contributed by atoms with Gasteiger partial charge in [-0.15, -0.1) is 0 Å². The van der Waals surface area contributed by atoms with Gasteiger partial charge in [-0.05, 0) is 37.6 Å². The first-order valence-electron chi connectivity index (χ1n) is 8.85. The van der Waals surface area contributed by atoms with Gasteiger partial charge in [0.2, 0.25) is 5.88 Å². The molecular weight excluding hydrogens is 388 g/mol. The first-order valence-corrected chi connectivity index (χ1v) is 8.85. The van der Waals surface area contributed by atoms with Crippen molar-refractivity contribution in [3.8, 4) is 17.7 Å². The van der Waals surface area contributed by atoms with Crippen molar-refractivity contribution >= 4 is 23.3 Å². The van der Waals surface area contributed by atoms with Gasteiger partial charge in [0.25, 0.3) is 5.69 Å².